The van der Waals surface area contributed by atoms with Crippen LogP contribution in [-0.2, 0) is 22.6 Å². The number of anilines is 1. The van der Waals surface area contributed by atoms with Gasteiger partial charge in [0.25, 0.3) is 0 Å². The van der Waals surface area contributed by atoms with E-state index in [-0.39, 0.29) is 23.6 Å². The van der Waals surface area contributed by atoms with Crippen LogP contribution in [0, 0.1) is 23.9 Å². The van der Waals surface area contributed by atoms with Crippen LogP contribution in [-0.4, -0.2) is 51.5 Å². The Morgan fingerprint density at radius 2 is 1.67 bits per heavy atom. The number of Topliss-reactive ketones (excluding diaryl/α,β-unsaturated/α-hetero) is 1. The van der Waals surface area contributed by atoms with E-state index in [0.717, 1.165) is 49.2 Å². The lowest BCUT2D eigenvalue weighted by atomic mass is 9.82. The van der Waals surface area contributed by atoms with Crippen molar-refractivity contribution in [3.63, 3.8) is 0 Å². The number of aliphatic hydroxyl groups is 1. The van der Waals surface area contributed by atoms with Crippen LogP contribution in [0.2, 0.25) is 0 Å². The van der Waals surface area contributed by atoms with E-state index in [2.05, 4.69) is 14.7 Å². The Morgan fingerprint density at radius 3 is 2.27 bits per heavy atom. The summed E-state index contributed by atoms with van der Waals surface area (Å²) in [6.07, 6.45) is 5.54. The summed E-state index contributed by atoms with van der Waals surface area (Å²) in [4.78, 5) is 21.2. The lowest BCUT2D eigenvalue weighted by molar-refractivity contribution is -0.188. The fourth-order valence-electron chi connectivity index (χ4n) is 4.55. The third kappa shape index (κ3) is 6.21. The molecule has 1 heterocycles. The summed E-state index contributed by atoms with van der Waals surface area (Å²) < 4.78 is 13.1. The van der Waals surface area contributed by atoms with Crippen molar-refractivity contribution in [2.75, 3.05) is 18.8 Å². The van der Waals surface area contributed by atoms with E-state index >= 15 is 0 Å². The van der Waals surface area contributed by atoms with Gasteiger partial charge in [0, 0.05) is 29.6 Å². The molecule has 2 unspecified atom stereocenters. The molecule has 2 aliphatic rings. The zero-order chi connectivity index (χ0) is 23.8. The van der Waals surface area contributed by atoms with Crippen LogP contribution in [0.3, 0.4) is 0 Å². The summed E-state index contributed by atoms with van der Waals surface area (Å²) in [5.41, 5.74) is 9.81. The lowest BCUT2D eigenvalue weighted by Gasteiger charge is -2.42. The molecule has 0 bridgehead atoms. The molecule has 4 rings (SSSR count). The van der Waals surface area contributed by atoms with Gasteiger partial charge in [-0.3, -0.25) is 19.5 Å². The van der Waals surface area contributed by atoms with Crippen molar-refractivity contribution in [1.82, 2.24) is 4.90 Å². The third-order valence-electron chi connectivity index (χ3n) is 6.23. The van der Waals surface area contributed by atoms with Crippen molar-refractivity contribution in [3.05, 3.63) is 65.0 Å². The van der Waals surface area contributed by atoms with Crippen LogP contribution in [0.5, 0.6) is 0 Å². The molecular formula is C24H27FN2O6. The predicted molar refractivity (Wildman–Crippen MR) is 118 cm³/mol. The van der Waals surface area contributed by atoms with Gasteiger partial charge in [0.1, 0.15) is 5.82 Å². The van der Waals surface area contributed by atoms with Crippen LogP contribution in [0.15, 0.2) is 42.5 Å². The van der Waals surface area contributed by atoms with Gasteiger partial charge in [-0.1, -0.05) is 12.1 Å². The predicted octanol–water partition coefficient (Wildman–Crippen LogP) is 2.71. The first kappa shape index (κ1) is 24.5. The molecule has 5 N–H and O–H groups in total. The Balaban J connectivity index is 0.000000454. The van der Waals surface area contributed by atoms with E-state index in [1.807, 2.05) is 18.2 Å². The van der Waals surface area contributed by atoms with Gasteiger partial charge in [0.05, 0.1) is 6.10 Å². The number of carbonyl (C=O) groups is 1. The van der Waals surface area contributed by atoms with Crippen LogP contribution >= 0.6 is 0 Å². The topological polar surface area (TPSA) is 125 Å². The van der Waals surface area contributed by atoms with E-state index in [9.17, 15) is 14.3 Å². The number of hydrogen-bond acceptors (Lipinski definition) is 8. The maximum atomic E-state index is 13.1. The van der Waals surface area contributed by atoms with Gasteiger partial charge in [0.15, 0.2) is 5.78 Å². The standard InChI is InChI=1S/C22H25FN2O2.C2H2O4/c23-17-6-4-14(5-7-17)22(27)15-8-10-25(11-9-15)20-13-18-16(12-21(20)26)2-1-3-19(18)24;3-5-1-2-6-4/h1-7,15,20-21,26H,8-13,24H2;3-4H. The van der Waals surface area contributed by atoms with Crippen LogP contribution in [0.25, 0.3) is 0 Å². The Hall–Kier alpha value is -3.16. The quantitative estimate of drug-likeness (QED) is 0.182. The highest BCUT2D eigenvalue weighted by Crippen LogP contribution is 2.31. The molecule has 0 radical (unpaired) electrons. The first-order valence-corrected chi connectivity index (χ1v) is 10.6. The molecule has 2 atom stereocenters. The number of nitrogens with zero attached hydrogens (tertiary/aromatic N) is 1. The third-order valence-corrected chi connectivity index (χ3v) is 6.23. The van der Waals surface area contributed by atoms with Crippen molar-refractivity contribution in [2.45, 2.75) is 37.8 Å². The Bertz CT molecular complexity index is 988. The molecule has 0 saturated carbocycles. The van der Waals surface area contributed by atoms with Gasteiger partial charge in [-0.2, -0.15) is 10.5 Å². The van der Waals surface area contributed by atoms with E-state index < -0.39 is 6.10 Å². The maximum absolute atomic E-state index is 13.1. The van der Waals surface area contributed by atoms with Gasteiger partial charge in [0.2, 0.25) is 12.2 Å². The summed E-state index contributed by atoms with van der Waals surface area (Å²) in [6.45, 7) is 1.56. The van der Waals surface area contributed by atoms with Crippen molar-refractivity contribution >= 4 is 11.5 Å². The van der Waals surface area contributed by atoms with Crippen LogP contribution in [0.4, 0.5) is 10.1 Å². The first-order chi connectivity index (χ1) is 15.9. The highest BCUT2D eigenvalue weighted by atomic mass is 19.1. The Labute approximate surface area is 191 Å². The molecule has 9 heteroatoms. The van der Waals surface area contributed by atoms with E-state index in [1.54, 1.807) is 12.1 Å². The summed E-state index contributed by atoms with van der Waals surface area (Å²) in [7, 11) is 0. The largest absolute Gasteiger partial charge is 0.398 e. The SMILES string of the molecule is Nc1cccc2c1CC(N1CCC(C(=O)c3ccc(F)cc3)CC1)C(O)C2.OOC#COO. The maximum Gasteiger partial charge on any atom is 0.204 e. The van der Waals surface area contributed by atoms with Crippen LogP contribution < -0.4 is 5.73 Å². The lowest BCUT2D eigenvalue weighted by Crippen LogP contribution is -2.51. The highest BCUT2D eigenvalue weighted by molar-refractivity contribution is 5.97. The second-order valence-electron chi connectivity index (χ2n) is 8.10. The van der Waals surface area contributed by atoms with Gasteiger partial charge in [-0.05, 0) is 73.8 Å². The molecule has 2 aromatic carbocycles. The molecule has 1 saturated heterocycles. The molecular weight excluding hydrogens is 431 g/mol. The summed E-state index contributed by atoms with van der Waals surface area (Å²) in [5.74, 6) is -0.273. The number of aliphatic hydroxyl groups excluding tert-OH is 1. The fraction of sp³-hybridized carbons (Fsp3) is 0.375. The van der Waals surface area contributed by atoms with Crippen molar-refractivity contribution in [2.24, 2.45) is 5.92 Å². The zero-order valence-electron chi connectivity index (χ0n) is 18.0. The second-order valence-corrected chi connectivity index (χ2v) is 8.10. The van der Waals surface area contributed by atoms with Crippen molar-refractivity contribution in [1.29, 1.82) is 0 Å². The Morgan fingerprint density at radius 1 is 1.03 bits per heavy atom. The molecule has 2 aromatic rings. The Kier molecular flexibility index (Phi) is 8.63. The normalized spacial score (nSPS) is 20.4. The number of likely N-dealkylation sites (tertiary alicyclic amines) is 1. The molecule has 0 amide bonds. The first-order valence-electron chi connectivity index (χ1n) is 10.6. The summed E-state index contributed by atoms with van der Waals surface area (Å²) in [5, 5.41) is 25.3. The number of fused-ring (bicyclic) bond motifs is 1. The van der Waals surface area contributed by atoms with Gasteiger partial charge in [-0.25, -0.2) is 4.39 Å². The molecule has 0 aromatic heterocycles. The molecule has 1 aliphatic carbocycles. The fourth-order valence-corrected chi connectivity index (χ4v) is 4.55. The van der Waals surface area contributed by atoms with E-state index in [1.165, 1.54) is 24.3 Å². The number of benzene rings is 2. The van der Waals surface area contributed by atoms with Crippen molar-refractivity contribution in [3.8, 4) is 12.2 Å². The van der Waals surface area contributed by atoms with E-state index in [0.29, 0.717) is 12.0 Å². The number of piperidine rings is 1. The average molecular weight is 458 g/mol. The van der Waals surface area contributed by atoms with Crippen molar-refractivity contribution < 1.29 is 34.6 Å². The summed E-state index contributed by atoms with van der Waals surface area (Å²) >= 11 is 0. The average Bonchev–Trinajstić information content (AvgIpc) is 2.83. The molecule has 176 valence electrons. The summed E-state index contributed by atoms with van der Waals surface area (Å²) in [6, 6.07) is 11.7. The minimum Gasteiger partial charge on any atom is -0.398 e. The number of nitrogen functional groups attached to an aromatic ring is 1. The minimum atomic E-state index is -0.413. The number of rotatable bonds is 3. The second kappa shape index (κ2) is 11.6. The zero-order valence-corrected chi connectivity index (χ0v) is 18.0. The number of halogens is 1. The highest BCUT2D eigenvalue weighted by Gasteiger charge is 2.35. The number of hydrogen-bond donors (Lipinski definition) is 4. The van der Waals surface area contributed by atoms with Gasteiger partial charge in [-0.15, -0.1) is 0 Å². The van der Waals surface area contributed by atoms with Gasteiger partial charge < -0.3 is 10.8 Å². The molecule has 33 heavy (non-hydrogen) atoms. The molecule has 0 spiro atoms. The number of carbonyl (C=O) groups excluding carboxylic acids is 1. The molecule has 8 nitrogen and oxygen atoms in total. The smallest absolute Gasteiger partial charge is 0.204 e. The molecule has 1 fully saturated rings. The number of nitrogens with two attached hydrogens (primary N) is 1. The minimum absolute atomic E-state index is 0.0372. The number of ketones is 1. The monoisotopic (exact) mass is 458 g/mol. The van der Waals surface area contributed by atoms with Crippen LogP contribution in [0.1, 0.15) is 34.3 Å². The van der Waals surface area contributed by atoms with E-state index in [4.69, 9.17) is 16.2 Å². The van der Waals surface area contributed by atoms with Gasteiger partial charge >= 0.3 is 0 Å². The molecule has 1 aliphatic heterocycles.